The highest BCUT2D eigenvalue weighted by Crippen LogP contribution is 2.34. The number of hydrogen-bond donors (Lipinski definition) is 2. The third kappa shape index (κ3) is 6.54. The smallest absolute Gasteiger partial charge is 0.262 e. The number of carbonyl (C=O) groups excluding carboxylic acids is 4. The number of piperidine rings is 1. The first-order valence-corrected chi connectivity index (χ1v) is 16.6. The van der Waals surface area contributed by atoms with Gasteiger partial charge < -0.3 is 19.2 Å². The number of anilines is 1. The fourth-order valence-electron chi connectivity index (χ4n) is 6.32. The molecule has 7 rings (SSSR count). The fraction of sp³-hybridized carbons (Fsp3) is 0.256. The molecule has 0 bridgehead atoms. The molecule has 0 saturated carbocycles. The molecule has 1 fully saturated rings. The second-order valence-electron chi connectivity index (χ2n) is 12.9. The Morgan fingerprint density at radius 1 is 0.880 bits per heavy atom. The molecule has 1 saturated heterocycles. The van der Waals surface area contributed by atoms with Gasteiger partial charge in [0.15, 0.2) is 5.58 Å². The lowest BCUT2D eigenvalue weighted by Crippen LogP contribution is -2.54. The maximum atomic E-state index is 13.1. The largest absolute Gasteiger partial charge is 0.494 e. The third-order valence-corrected chi connectivity index (χ3v) is 9.23. The van der Waals surface area contributed by atoms with Crippen molar-refractivity contribution >= 4 is 40.4 Å². The summed E-state index contributed by atoms with van der Waals surface area (Å²) in [5, 5.41) is 5.49. The van der Waals surface area contributed by atoms with Crippen LogP contribution < -0.4 is 20.1 Å². The molecule has 254 valence electrons. The lowest BCUT2D eigenvalue weighted by molar-refractivity contribution is -0.136. The quantitative estimate of drug-likeness (QED) is 0.120. The monoisotopic (exact) mass is 672 g/mol. The number of nitrogens with one attached hydrogen (secondary N) is 2. The van der Waals surface area contributed by atoms with Crippen LogP contribution in [0.25, 0.3) is 11.1 Å². The standard InChI is InChI=1S/C39H36N4O7/c1-39(2,25-8-13-28(14-9-25)49-23-29-22-32-34(50-29)5-3-18-41-32)24-6-11-27(12-7-24)48-20-4-19-40-26-10-15-30-31(21-26)38(47)43(37(30)46)33-16-17-35(44)42-36(33)45/h3,5-15,18,21-22,33,40H,4,16-17,19-20,23H2,1-2H3,(H,42,44,45). The van der Waals surface area contributed by atoms with E-state index in [1.807, 2.05) is 42.5 Å². The number of carbonyl (C=O) groups is 4. The van der Waals surface area contributed by atoms with Crippen molar-refractivity contribution in [3.63, 3.8) is 0 Å². The number of amides is 4. The molecule has 1 unspecified atom stereocenters. The van der Waals surface area contributed by atoms with Crippen molar-refractivity contribution in [2.24, 2.45) is 0 Å². The average Bonchev–Trinajstić information content (AvgIpc) is 3.65. The van der Waals surface area contributed by atoms with E-state index >= 15 is 0 Å². The molecule has 11 heteroatoms. The van der Waals surface area contributed by atoms with Gasteiger partial charge in [0.1, 0.15) is 35.4 Å². The molecule has 2 aromatic heterocycles. The molecule has 50 heavy (non-hydrogen) atoms. The Hall–Kier alpha value is -5.97. The number of imide groups is 2. The van der Waals surface area contributed by atoms with Crippen molar-refractivity contribution < 1.29 is 33.1 Å². The summed E-state index contributed by atoms with van der Waals surface area (Å²) in [6.07, 6.45) is 2.64. The second-order valence-corrected chi connectivity index (χ2v) is 12.9. The van der Waals surface area contributed by atoms with Gasteiger partial charge in [-0.15, -0.1) is 0 Å². The zero-order chi connectivity index (χ0) is 34.8. The summed E-state index contributed by atoms with van der Waals surface area (Å²) >= 11 is 0. The molecule has 2 N–H and O–H groups in total. The van der Waals surface area contributed by atoms with E-state index in [0.29, 0.717) is 31.9 Å². The van der Waals surface area contributed by atoms with Crippen molar-refractivity contribution in [1.29, 1.82) is 0 Å². The zero-order valence-corrected chi connectivity index (χ0v) is 27.7. The van der Waals surface area contributed by atoms with Crippen molar-refractivity contribution in [3.05, 3.63) is 119 Å². The molecule has 2 aliphatic rings. The SMILES string of the molecule is CC(C)(c1ccc(OCCCNc2ccc3c(c2)C(=O)N(C2CCC(=O)NC2=O)C3=O)cc1)c1ccc(OCc2cc3ncccc3o2)cc1. The predicted molar refractivity (Wildman–Crippen MR) is 185 cm³/mol. The minimum atomic E-state index is -0.987. The van der Waals surface area contributed by atoms with Crippen molar-refractivity contribution in [1.82, 2.24) is 15.2 Å². The van der Waals surface area contributed by atoms with Gasteiger partial charge in [-0.3, -0.25) is 34.4 Å². The fourth-order valence-corrected chi connectivity index (χ4v) is 6.32. The van der Waals surface area contributed by atoms with Crippen molar-refractivity contribution in [3.8, 4) is 11.5 Å². The molecule has 1 atom stereocenters. The number of fused-ring (bicyclic) bond motifs is 2. The first-order valence-electron chi connectivity index (χ1n) is 16.6. The molecule has 0 spiro atoms. The topological polar surface area (TPSA) is 140 Å². The first kappa shape index (κ1) is 32.6. The molecule has 0 radical (unpaired) electrons. The van der Waals surface area contributed by atoms with Gasteiger partial charge in [-0.1, -0.05) is 38.1 Å². The normalized spacial score (nSPS) is 16.0. The predicted octanol–water partition coefficient (Wildman–Crippen LogP) is 6.01. The summed E-state index contributed by atoms with van der Waals surface area (Å²) < 4.78 is 17.7. The van der Waals surface area contributed by atoms with E-state index in [0.717, 1.165) is 44.4 Å². The number of benzene rings is 3. The van der Waals surface area contributed by atoms with E-state index < -0.39 is 29.7 Å². The second kappa shape index (κ2) is 13.5. The van der Waals surface area contributed by atoms with Gasteiger partial charge in [0.2, 0.25) is 11.8 Å². The third-order valence-electron chi connectivity index (χ3n) is 9.23. The van der Waals surface area contributed by atoms with E-state index in [-0.39, 0.29) is 29.4 Å². The van der Waals surface area contributed by atoms with Gasteiger partial charge >= 0.3 is 0 Å². The number of ether oxygens (including phenoxy) is 2. The summed E-state index contributed by atoms with van der Waals surface area (Å²) in [7, 11) is 0. The average molecular weight is 673 g/mol. The first-order chi connectivity index (χ1) is 24.2. The lowest BCUT2D eigenvalue weighted by atomic mass is 9.78. The Morgan fingerprint density at radius 2 is 1.58 bits per heavy atom. The Bertz CT molecular complexity index is 2050. The van der Waals surface area contributed by atoms with E-state index in [1.165, 1.54) is 0 Å². The number of pyridine rings is 1. The molecular weight excluding hydrogens is 636 g/mol. The zero-order valence-electron chi connectivity index (χ0n) is 27.7. The Balaban J connectivity index is 0.874. The van der Waals surface area contributed by atoms with E-state index in [4.69, 9.17) is 13.9 Å². The Kier molecular flexibility index (Phi) is 8.80. The summed E-state index contributed by atoms with van der Waals surface area (Å²) in [6, 6.07) is 25.8. The van der Waals surface area contributed by atoms with E-state index in [9.17, 15) is 19.2 Å². The number of furan rings is 1. The minimum Gasteiger partial charge on any atom is -0.494 e. The van der Waals surface area contributed by atoms with Gasteiger partial charge in [-0.25, -0.2) is 0 Å². The van der Waals surface area contributed by atoms with Crippen LogP contribution in [0, 0.1) is 0 Å². The number of nitrogens with zero attached hydrogens (tertiary/aromatic N) is 2. The van der Waals surface area contributed by atoms with Crippen LogP contribution in [0.5, 0.6) is 11.5 Å². The highest BCUT2D eigenvalue weighted by Gasteiger charge is 2.44. The van der Waals surface area contributed by atoms with Crippen molar-refractivity contribution in [2.75, 3.05) is 18.5 Å². The highest BCUT2D eigenvalue weighted by atomic mass is 16.5. The molecule has 2 aliphatic heterocycles. The van der Waals surface area contributed by atoms with Crippen LogP contribution in [0.4, 0.5) is 5.69 Å². The maximum Gasteiger partial charge on any atom is 0.262 e. The highest BCUT2D eigenvalue weighted by molar-refractivity contribution is 6.23. The number of rotatable bonds is 12. The Morgan fingerprint density at radius 3 is 2.28 bits per heavy atom. The van der Waals surface area contributed by atoms with Crippen molar-refractivity contribution in [2.45, 2.75) is 51.2 Å². The molecule has 5 aromatic rings. The van der Waals surface area contributed by atoms with Gasteiger partial charge in [0, 0.05) is 36.3 Å². The van der Waals surface area contributed by atoms with Crippen LogP contribution in [0.2, 0.25) is 0 Å². The maximum absolute atomic E-state index is 13.1. The van der Waals surface area contributed by atoms with Crippen LogP contribution in [0.15, 0.2) is 95.5 Å². The van der Waals surface area contributed by atoms with E-state index in [2.05, 4.69) is 53.7 Å². The van der Waals surface area contributed by atoms with Gasteiger partial charge in [-0.2, -0.15) is 0 Å². The number of aromatic nitrogens is 1. The van der Waals surface area contributed by atoms with Crippen LogP contribution in [0.1, 0.15) is 70.7 Å². The molecule has 0 aliphatic carbocycles. The summed E-state index contributed by atoms with van der Waals surface area (Å²) in [6.45, 7) is 5.74. The molecule has 3 aromatic carbocycles. The molecule has 4 amide bonds. The summed E-state index contributed by atoms with van der Waals surface area (Å²) in [5.74, 6) is 0.163. The van der Waals surface area contributed by atoms with Gasteiger partial charge in [0.05, 0.1) is 17.7 Å². The summed E-state index contributed by atoms with van der Waals surface area (Å²) in [5.41, 5.74) is 4.79. The van der Waals surface area contributed by atoms with E-state index in [1.54, 1.807) is 24.4 Å². The van der Waals surface area contributed by atoms with Gasteiger partial charge in [-0.05, 0) is 78.6 Å². The summed E-state index contributed by atoms with van der Waals surface area (Å²) in [4.78, 5) is 55.1. The van der Waals surface area contributed by atoms with Crippen LogP contribution in [-0.2, 0) is 21.6 Å². The molecule has 11 nitrogen and oxygen atoms in total. The minimum absolute atomic E-state index is 0.0805. The number of hydrogen-bond acceptors (Lipinski definition) is 9. The molecule has 4 heterocycles. The van der Waals surface area contributed by atoms with Crippen LogP contribution in [0.3, 0.4) is 0 Å². The lowest BCUT2D eigenvalue weighted by Gasteiger charge is -2.27. The van der Waals surface area contributed by atoms with Crippen LogP contribution >= 0.6 is 0 Å². The Labute approximate surface area is 288 Å². The molecular formula is C39H36N4O7. The van der Waals surface area contributed by atoms with Crippen LogP contribution in [-0.4, -0.2) is 52.7 Å². The van der Waals surface area contributed by atoms with Gasteiger partial charge in [0.25, 0.3) is 11.8 Å².